The quantitative estimate of drug-likeness (QED) is 0.0120. The Bertz CT molecular complexity index is 5920. The first-order chi connectivity index (χ1) is 61.8. The molecule has 5 aromatic heterocycles. The molecule has 0 bridgehead atoms. The Hall–Kier alpha value is -9.29. The molecule has 15 rings (SSSR count). The van der Waals surface area contributed by atoms with Crippen LogP contribution in [0.3, 0.4) is 0 Å². The Morgan fingerprint density at radius 1 is 0.299 bits per heavy atom. The number of ether oxygens (including phenoxy) is 4. The number of hydrogen-bond acceptors (Lipinski definition) is 14. The van der Waals surface area contributed by atoms with Crippen LogP contribution in [0.2, 0.25) is 0 Å². The highest BCUT2D eigenvalue weighted by molar-refractivity contribution is 7.30. The van der Waals surface area contributed by atoms with Gasteiger partial charge in [0.05, 0.1) is 48.9 Å². The van der Waals surface area contributed by atoms with E-state index in [0.717, 1.165) is 109 Å². The molecule has 0 atom stereocenters. The van der Waals surface area contributed by atoms with Gasteiger partial charge in [0.2, 0.25) is 0 Å². The fourth-order valence-corrected chi connectivity index (χ4v) is 24.3. The summed E-state index contributed by atoms with van der Waals surface area (Å²) in [6.45, 7) is 25.3. The monoisotopic (exact) mass is 1790 g/mol. The number of amides is 4. The molecule has 13 aromatic rings. The van der Waals surface area contributed by atoms with E-state index in [1.165, 1.54) is 172 Å². The lowest BCUT2D eigenvalue weighted by molar-refractivity contribution is 0.0495. The van der Waals surface area contributed by atoms with Crippen molar-refractivity contribution >= 4 is 141 Å². The SMILES string of the molecule is CCCCCCCCCCCCOc1cc(OCCCCCCCCCCCC)cc(C(=O)OCCCCCCOc2cc3c4c(ccc5c6c(-c7ccc(-c8ccc(-c9ccc(-c%10ccc(-c%11ccc(CCCCCC)s%11)s%10)s9)s8)s7)cc7c8c(ccc(c2c45)c86)C(=O)N(c2c(C(C)C)cccc2C(C)C)C7=O)C(=O)N(c2c(C(C)C)cccc2C(C)C)C3=O)c1. The lowest BCUT2D eigenvalue weighted by atomic mass is 9.79. The van der Waals surface area contributed by atoms with Gasteiger partial charge < -0.3 is 18.9 Å². The number of unbranched alkanes of at least 4 members (excludes halogenated alkanes) is 24. The van der Waals surface area contributed by atoms with E-state index in [2.05, 4.69) is 137 Å². The normalized spacial score (nSPS) is 13.0. The summed E-state index contributed by atoms with van der Waals surface area (Å²) in [6.07, 6.45) is 33.7. The second-order valence-corrected chi connectivity index (χ2v) is 41.9. The molecular weight excluding hydrogens is 1670 g/mol. The van der Waals surface area contributed by atoms with Crippen LogP contribution in [0.15, 0.2) is 152 Å². The summed E-state index contributed by atoms with van der Waals surface area (Å²) in [7, 11) is 0. The van der Waals surface area contributed by atoms with Crippen LogP contribution in [0.4, 0.5) is 11.4 Å². The molecule has 11 nitrogen and oxygen atoms in total. The van der Waals surface area contributed by atoms with Gasteiger partial charge in [-0.25, -0.2) is 14.6 Å². The van der Waals surface area contributed by atoms with Crippen molar-refractivity contribution in [3.63, 3.8) is 0 Å². The van der Waals surface area contributed by atoms with Gasteiger partial charge in [0.1, 0.15) is 17.2 Å². The van der Waals surface area contributed by atoms with Crippen molar-refractivity contribution in [2.45, 2.75) is 286 Å². The lowest BCUT2D eigenvalue weighted by Gasteiger charge is -2.34. The van der Waals surface area contributed by atoms with Crippen molar-refractivity contribution in [1.82, 2.24) is 0 Å². The average Bonchev–Trinajstić information content (AvgIpc) is 0.859. The van der Waals surface area contributed by atoms with E-state index < -0.39 is 29.6 Å². The molecule has 0 aliphatic carbocycles. The van der Waals surface area contributed by atoms with Gasteiger partial charge in [-0.05, 0) is 216 Å². The Morgan fingerprint density at radius 2 is 0.638 bits per heavy atom. The Labute approximate surface area is 773 Å². The third kappa shape index (κ3) is 20.6. The summed E-state index contributed by atoms with van der Waals surface area (Å²) >= 11 is 9.05. The highest BCUT2D eigenvalue weighted by Crippen LogP contribution is 2.56. The second kappa shape index (κ2) is 43.4. The molecule has 0 N–H and O–H groups in total. The fourth-order valence-electron chi connectivity index (χ4n) is 18.9. The minimum atomic E-state index is -0.434. The predicted molar refractivity (Wildman–Crippen MR) is 539 cm³/mol. The standard InChI is InChI=1S/C111H128N2O9S5/c1-12-15-18-21-23-25-27-29-31-36-61-119-75-65-74(66-76(67-75)120-62-37-32-30-28-26-24-22-19-16-13-2)111(118)122-64-39-34-33-38-63-121-89-69-88-101-85(108(115)113(110(88)117)106-80(72(8)9)45-41-46-81(106)73(10)11)50-48-82-99-86(68-87-100-84(51-49-83(103(99)100)102(89)104(82)101)107(114)112(109(87)116)105-78(70(4)5)43-40-44-79(105)71(6)7)90-53-54-93(124-90)94-57-58-97(126-94)98-60-59-96(127-98)95-56-55-92(125-95)91-52-47-77(123-91)42-35-20-17-14-3/h40-41,43-60,65-73H,12-39,42,61-64H2,1-11H3. The molecule has 2 aliphatic rings. The topological polar surface area (TPSA) is 129 Å². The van der Waals surface area contributed by atoms with E-state index in [9.17, 15) is 4.79 Å². The number of para-hydroxylation sites is 2. The minimum absolute atomic E-state index is 0.0118. The van der Waals surface area contributed by atoms with E-state index >= 15 is 19.2 Å². The highest BCUT2D eigenvalue weighted by atomic mass is 32.1. The third-order valence-corrected chi connectivity index (χ3v) is 32.0. The largest absolute Gasteiger partial charge is 0.493 e. The summed E-state index contributed by atoms with van der Waals surface area (Å²) in [4.78, 5) is 93.7. The number of benzene rings is 8. The molecule has 4 amide bonds. The third-order valence-electron chi connectivity index (χ3n) is 25.7. The number of aryl methyl sites for hydroxylation is 1. The van der Waals surface area contributed by atoms with Crippen molar-refractivity contribution in [2.24, 2.45) is 0 Å². The van der Waals surface area contributed by atoms with Crippen LogP contribution in [-0.2, 0) is 11.2 Å². The first-order valence-corrected chi connectivity index (χ1v) is 52.0. The van der Waals surface area contributed by atoms with Crippen LogP contribution in [0.1, 0.15) is 359 Å². The van der Waals surface area contributed by atoms with Crippen LogP contribution >= 0.6 is 56.7 Å². The zero-order chi connectivity index (χ0) is 88.8. The first-order valence-electron chi connectivity index (χ1n) is 47.9. The molecule has 0 fully saturated rings. The van der Waals surface area contributed by atoms with Gasteiger partial charge in [-0.1, -0.05) is 260 Å². The summed E-state index contributed by atoms with van der Waals surface area (Å²) in [5.41, 5.74) is 7.66. The van der Waals surface area contributed by atoms with E-state index in [1.54, 1.807) is 34.8 Å². The predicted octanol–water partition coefficient (Wildman–Crippen LogP) is 34.0. The van der Waals surface area contributed by atoms with E-state index in [-0.39, 0.29) is 36.9 Å². The second-order valence-electron chi connectivity index (χ2n) is 36.4. The Morgan fingerprint density at radius 3 is 1.06 bits per heavy atom. The number of carbonyl (C=O) groups excluding carboxylic acids is 5. The van der Waals surface area contributed by atoms with Gasteiger partial charge in [0.15, 0.2) is 0 Å². The van der Waals surface area contributed by atoms with Gasteiger partial charge in [0, 0.05) is 98.6 Å². The molecule has 16 heteroatoms. The molecule has 8 aromatic carbocycles. The number of imide groups is 2. The summed E-state index contributed by atoms with van der Waals surface area (Å²) in [6, 6.07) is 51.9. The summed E-state index contributed by atoms with van der Waals surface area (Å²) < 4.78 is 26.0. The molecule has 0 radical (unpaired) electrons. The smallest absolute Gasteiger partial charge is 0.338 e. The number of nitrogens with zero attached hydrogens (tertiary/aromatic N) is 2. The lowest BCUT2D eigenvalue weighted by Crippen LogP contribution is -2.42. The molecule has 666 valence electrons. The van der Waals surface area contributed by atoms with E-state index in [4.69, 9.17) is 18.9 Å². The van der Waals surface area contributed by atoms with Crippen LogP contribution in [0, 0.1) is 0 Å². The zero-order valence-electron chi connectivity index (χ0n) is 76.7. The fraction of sp³-hybridized carbons (Fsp3) is 0.432. The summed E-state index contributed by atoms with van der Waals surface area (Å²) in [5, 5.41) is 5.55. The number of esters is 1. The minimum Gasteiger partial charge on any atom is -0.493 e. The first kappa shape index (κ1) is 92.4. The van der Waals surface area contributed by atoms with Crippen molar-refractivity contribution in [3.8, 4) is 66.7 Å². The number of thiophene rings is 5. The van der Waals surface area contributed by atoms with Gasteiger partial charge in [-0.3, -0.25) is 19.2 Å². The van der Waals surface area contributed by atoms with Gasteiger partial charge in [-0.2, -0.15) is 0 Å². The Kier molecular flexibility index (Phi) is 31.6. The van der Waals surface area contributed by atoms with Crippen LogP contribution in [0.5, 0.6) is 17.2 Å². The van der Waals surface area contributed by atoms with Crippen molar-refractivity contribution in [1.29, 1.82) is 0 Å². The van der Waals surface area contributed by atoms with Gasteiger partial charge >= 0.3 is 5.97 Å². The molecule has 0 saturated heterocycles. The number of rotatable bonds is 49. The van der Waals surface area contributed by atoms with E-state index in [1.807, 2.05) is 113 Å². The Balaban J connectivity index is 0.743. The number of carbonyl (C=O) groups is 5. The van der Waals surface area contributed by atoms with Crippen molar-refractivity contribution < 1.29 is 42.9 Å². The highest BCUT2D eigenvalue weighted by Gasteiger charge is 2.43. The molecule has 0 saturated carbocycles. The van der Waals surface area contributed by atoms with Crippen LogP contribution in [-0.4, -0.2) is 56.0 Å². The molecule has 0 unspecified atom stereocenters. The summed E-state index contributed by atoms with van der Waals surface area (Å²) in [5.74, 6) is -0.414. The van der Waals surface area contributed by atoms with Gasteiger partial charge in [-0.15, -0.1) is 56.7 Å². The maximum absolute atomic E-state index is 16.4. The zero-order valence-corrected chi connectivity index (χ0v) is 80.8. The maximum Gasteiger partial charge on any atom is 0.338 e. The van der Waals surface area contributed by atoms with Gasteiger partial charge in [0.25, 0.3) is 23.6 Å². The van der Waals surface area contributed by atoms with Crippen molar-refractivity contribution in [3.05, 3.63) is 207 Å². The van der Waals surface area contributed by atoms with Crippen molar-refractivity contribution in [2.75, 3.05) is 36.2 Å². The van der Waals surface area contributed by atoms with E-state index in [0.29, 0.717) is 104 Å². The molecule has 2 aliphatic heterocycles. The average molecular weight is 1790 g/mol. The maximum atomic E-state index is 16.4. The molecule has 7 heterocycles. The molecule has 127 heavy (non-hydrogen) atoms. The van der Waals surface area contributed by atoms with Crippen LogP contribution in [0.25, 0.3) is 92.5 Å². The number of anilines is 2. The molecule has 0 spiro atoms. The number of fused-ring (bicyclic) bond motifs is 2. The number of hydrogen-bond donors (Lipinski definition) is 0. The van der Waals surface area contributed by atoms with Crippen LogP contribution < -0.4 is 24.0 Å². The molecular formula is C111H128N2O9S5.